The molecule has 0 radical (unpaired) electrons. The van der Waals surface area contributed by atoms with Crippen molar-refractivity contribution in [1.29, 1.82) is 0 Å². The fourth-order valence-corrected chi connectivity index (χ4v) is 2.58. The van der Waals surface area contributed by atoms with Crippen molar-refractivity contribution in [2.45, 2.75) is 6.92 Å². The number of non-ortho nitro benzene ring substituents is 1. The minimum Gasteiger partial charge on any atom is -0.276 e. The van der Waals surface area contributed by atoms with Crippen molar-refractivity contribution in [2.75, 3.05) is 4.90 Å². The van der Waals surface area contributed by atoms with Gasteiger partial charge in [0, 0.05) is 18.3 Å². The Bertz CT molecular complexity index is 985. The number of anilines is 1. The van der Waals surface area contributed by atoms with E-state index in [-0.39, 0.29) is 11.4 Å². The lowest BCUT2D eigenvalue weighted by molar-refractivity contribution is -0.384. The van der Waals surface area contributed by atoms with Crippen LogP contribution < -0.4 is 10.2 Å². The third-order valence-corrected chi connectivity index (χ3v) is 3.88. The number of imide groups is 2. The number of nitro groups is 1. The quantitative estimate of drug-likeness (QED) is 0.385. The van der Waals surface area contributed by atoms with E-state index >= 15 is 0 Å². The zero-order valence-electron chi connectivity index (χ0n) is 14.2. The summed E-state index contributed by atoms with van der Waals surface area (Å²) in [4.78, 5) is 52.0. The zero-order valence-corrected chi connectivity index (χ0v) is 14.2. The number of barbiturate groups is 1. The van der Waals surface area contributed by atoms with Gasteiger partial charge in [0.05, 0.1) is 16.3 Å². The summed E-state index contributed by atoms with van der Waals surface area (Å²) in [6, 6.07) is 11.3. The lowest BCUT2D eigenvalue weighted by Crippen LogP contribution is -2.58. The van der Waals surface area contributed by atoms with Crippen LogP contribution in [0, 0.1) is 23.0 Å². The topological polar surface area (TPSA) is 122 Å². The Kier molecular flexibility index (Phi) is 4.75. The predicted molar refractivity (Wildman–Crippen MR) is 96.9 cm³/mol. The maximum atomic E-state index is 12.7. The number of amides is 4. The van der Waals surface area contributed by atoms with Gasteiger partial charge in [0.2, 0.25) is 5.91 Å². The van der Waals surface area contributed by atoms with Crippen molar-refractivity contribution in [1.82, 2.24) is 5.32 Å². The number of nitrogens with zero attached hydrogens (tertiary/aromatic N) is 3. The van der Waals surface area contributed by atoms with Crippen LogP contribution in [0.3, 0.4) is 0 Å². The molecule has 3 rings (SSSR count). The highest BCUT2D eigenvalue weighted by Crippen LogP contribution is 2.23. The number of carbonyl (C=O) groups excluding carboxylic acids is 3. The molecule has 1 heterocycles. The molecule has 2 aromatic rings. The second-order valence-electron chi connectivity index (χ2n) is 5.84. The van der Waals surface area contributed by atoms with E-state index in [0.29, 0.717) is 5.69 Å². The number of nitrogens with one attached hydrogen (secondary N) is 1. The van der Waals surface area contributed by atoms with Crippen LogP contribution in [0.15, 0.2) is 53.5 Å². The third kappa shape index (κ3) is 3.71. The molecule has 0 aromatic heterocycles. The number of rotatable bonds is 4. The molecule has 1 fully saturated rings. The van der Waals surface area contributed by atoms with E-state index in [9.17, 15) is 24.5 Å². The summed E-state index contributed by atoms with van der Waals surface area (Å²) >= 11 is 0. The van der Waals surface area contributed by atoms with Gasteiger partial charge >= 0.3 is 6.03 Å². The summed E-state index contributed by atoms with van der Waals surface area (Å²) in [5.41, 5.74) is 1.22. The van der Waals surface area contributed by atoms with E-state index in [1.807, 2.05) is 13.0 Å². The Balaban J connectivity index is 1.89. The van der Waals surface area contributed by atoms with Gasteiger partial charge in [0.1, 0.15) is 0 Å². The summed E-state index contributed by atoms with van der Waals surface area (Å²) in [5.74, 6) is -2.88. The van der Waals surface area contributed by atoms with Crippen LogP contribution in [0.25, 0.3) is 0 Å². The number of hydrogen-bond acceptors (Lipinski definition) is 6. The number of aryl methyl sites for hydroxylation is 1. The normalized spacial score (nSPS) is 17.3. The first-order valence-corrected chi connectivity index (χ1v) is 7.91. The summed E-state index contributed by atoms with van der Waals surface area (Å²) in [6.07, 6.45) is 1.08. The minimum atomic E-state index is -1.33. The molecule has 0 saturated carbocycles. The lowest BCUT2D eigenvalue weighted by Gasteiger charge is -2.28. The van der Waals surface area contributed by atoms with E-state index in [1.54, 1.807) is 18.2 Å². The molecule has 1 atom stereocenters. The van der Waals surface area contributed by atoms with Crippen molar-refractivity contribution in [3.63, 3.8) is 0 Å². The Hall–Kier alpha value is -3.88. The highest BCUT2D eigenvalue weighted by atomic mass is 16.6. The largest absolute Gasteiger partial charge is 0.335 e. The first kappa shape index (κ1) is 17.9. The third-order valence-electron chi connectivity index (χ3n) is 3.88. The Morgan fingerprint density at radius 1 is 1.15 bits per heavy atom. The van der Waals surface area contributed by atoms with Crippen LogP contribution in [0.1, 0.15) is 5.56 Å². The monoisotopic (exact) mass is 366 g/mol. The van der Waals surface area contributed by atoms with Gasteiger partial charge in [-0.3, -0.25) is 30.0 Å². The van der Waals surface area contributed by atoms with Crippen molar-refractivity contribution in [3.8, 4) is 0 Å². The fourth-order valence-electron chi connectivity index (χ4n) is 2.58. The van der Waals surface area contributed by atoms with Gasteiger partial charge in [-0.05, 0) is 30.7 Å². The fraction of sp³-hybridized carbons (Fsp3) is 0.111. The number of carbonyl (C=O) groups is 3. The van der Waals surface area contributed by atoms with E-state index < -0.39 is 28.7 Å². The molecule has 9 heteroatoms. The summed E-state index contributed by atoms with van der Waals surface area (Å²) in [6.45, 7) is 1.81. The maximum Gasteiger partial charge on any atom is 0.335 e. The van der Waals surface area contributed by atoms with Crippen LogP contribution in [-0.4, -0.2) is 29.0 Å². The van der Waals surface area contributed by atoms with Crippen LogP contribution >= 0.6 is 0 Å². The molecule has 1 aliphatic rings. The van der Waals surface area contributed by atoms with Crippen molar-refractivity contribution >= 4 is 41.1 Å². The Morgan fingerprint density at radius 2 is 1.89 bits per heavy atom. The van der Waals surface area contributed by atoms with Gasteiger partial charge in [0.15, 0.2) is 5.92 Å². The summed E-state index contributed by atoms with van der Waals surface area (Å²) < 4.78 is 0. The van der Waals surface area contributed by atoms with Gasteiger partial charge < -0.3 is 0 Å². The molecule has 27 heavy (non-hydrogen) atoms. The number of hydrogen-bond donors (Lipinski definition) is 1. The molecule has 0 bridgehead atoms. The van der Waals surface area contributed by atoms with Gasteiger partial charge in [-0.1, -0.05) is 18.2 Å². The molecule has 0 aliphatic carbocycles. The second kappa shape index (κ2) is 7.16. The molecule has 2 aromatic carbocycles. The van der Waals surface area contributed by atoms with Crippen LogP contribution in [0.5, 0.6) is 0 Å². The van der Waals surface area contributed by atoms with E-state index in [2.05, 4.69) is 10.3 Å². The van der Waals surface area contributed by atoms with Crippen LogP contribution in [-0.2, 0) is 9.59 Å². The number of aliphatic imine (C=N–C) groups is 1. The van der Waals surface area contributed by atoms with E-state index in [0.717, 1.165) is 16.7 Å². The summed E-state index contributed by atoms with van der Waals surface area (Å²) in [7, 11) is 0. The average molecular weight is 366 g/mol. The van der Waals surface area contributed by atoms with Crippen molar-refractivity contribution < 1.29 is 19.3 Å². The number of nitro benzene ring substituents is 1. The molecule has 1 aliphatic heterocycles. The highest BCUT2D eigenvalue weighted by molar-refractivity contribution is 6.32. The van der Waals surface area contributed by atoms with E-state index in [1.165, 1.54) is 24.3 Å². The second-order valence-corrected chi connectivity index (χ2v) is 5.84. The van der Waals surface area contributed by atoms with E-state index in [4.69, 9.17) is 0 Å². The molecule has 4 amide bonds. The maximum absolute atomic E-state index is 12.7. The number of urea groups is 1. The number of benzene rings is 2. The molecule has 1 N–H and O–H groups in total. The van der Waals surface area contributed by atoms with Gasteiger partial charge in [-0.2, -0.15) is 0 Å². The molecule has 1 saturated heterocycles. The first-order valence-electron chi connectivity index (χ1n) is 7.91. The van der Waals surface area contributed by atoms with Crippen molar-refractivity contribution in [2.24, 2.45) is 10.9 Å². The molecular formula is C18H14N4O5. The smallest absolute Gasteiger partial charge is 0.276 e. The first-order chi connectivity index (χ1) is 12.9. The van der Waals surface area contributed by atoms with Gasteiger partial charge in [-0.15, -0.1) is 0 Å². The Morgan fingerprint density at radius 3 is 2.59 bits per heavy atom. The Labute approximate surface area is 153 Å². The zero-order chi connectivity index (χ0) is 19.6. The van der Waals surface area contributed by atoms with Crippen LogP contribution in [0.4, 0.5) is 21.9 Å². The summed E-state index contributed by atoms with van der Waals surface area (Å²) in [5, 5.41) is 12.9. The molecule has 0 spiro atoms. The standard InChI is InChI=1S/C18H14N4O5/c1-11-4-2-6-13(8-11)21-17(24)15(16(23)20-18(21)25)10-19-12-5-3-7-14(9-12)22(26)27/h2-10,15H,1H3,(H,20,23,25)/t15-/m0/s1. The lowest BCUT2D eigenvalue weighted by atomic mass is 10.1. The van der Waals surface area contributed by atoms with Crippen molar-refractivity contribution in [3.05, 3.63) is 64.2 Å². The molecule has 0 unspecified atom stereocenters. The average Bonchev–Trinajstić information content (AvgIpc) is 2.61. The predicted octanol–water partition coefficient (Wildman–Crippen LogP) is 2.50. The van der Waals surface area contributed by atoms with Gasteiger partial charge in [-0.25, -0.2) is 9.69 Å². The molecular weight excluding hydrogens is 352 g/mol. The minimum absolute atomic E-state index is 0.166. The van der Waals surface area contributed by atoms with Gasteiger partial charge in [0.25, 0.3) is 11.6 Å². The SMILES string of the molecule is Cc1cccc(N2C(=O)NC(=O)[C@H](C=Nc3cccc([N+](=O)[O-])c3)C2=O)c1. The molecule has 9 nitrogen and oxygen atoms in total. The van der Waals surface area contributed by atoms with Crippen LogP contribution in [0.2, 0.25) is 0 Å². The molecule has 136 valence electrons. The highest BCUT2D eigenvalue weighted by Gasteiger charge is 2.40.